The molecular formula is C20H31N5O4S. The number of carbonyl (C=O) groups excluding carboxylic acids is 1. The summed E-state index contributed by atoms with van der Waals surface area (Å²) in [5.74, 6) is -0.858. The third-order valence-electron chi connectivity index (χ3n) is 4.58. The molecule has 0 saturated carbocycles. The van der Waals surface area contributed by atoms with Crippen molar-refractivity contribution >= 4 is 27.8 Å². The van der Waals surface area contributed by atoms with Crippen molar-refractivity contribution in [1.29, 1.82) is 0 Å². The van der Waals surface area contributed by atoms with Gasteiger partial charge in [0, 0.05) is 25.8 Å². The number of amides is 1. The third-order valence-corrected chi connectivity index (χ3v) is 6.02. The predicted octanol–water partition coefficient (Wildman–Crippen LogP) is 2.49. The van der Waals surface area contributed by atoms with Gasteiger partial charge in [0.2, 0.25) is 0 Å². The van der Waals surface area contributed by atoms with Gasteiger partial charge in [0.1, 0.15) is 6.26 Å². The minimum atomic E-state index is -3.98. The summed E-state index contributed by atoms with van der Waals surface area (Å²) >= 11 is 0. The summed E-state index contributed by atoms with van der Waals surface area (Å²) in [7, 11) is 1.10. The zero-order valence-corrected chi connectivity index (χ0v) is 19.4. The Bertz CT molecular complexity index is 993. The summed E-state index contributed by atoms with van der Waals surface area (Å²) in [4.78, 5) is 18.3. The first-order chi connectivity index (χ1) is 13.8. The highest BCUT2D eigenvalue weighted by Gasteiger charge is 2.23. The number of hydrogen-bond acceptors (Lipinski definition) is 7. The Morgan fingerprint density at radius 1 is 1.17 bits per heavy atom. The highest BCUT2D eigenvalue weighted by Crippen LogP contribution is 2.28. The summed E-state index contributed by atoms with van der Waals surface area (Å²) < 4.78 is 33.0. The van der Waals surface area contributed by atoms with Crippen molar-refractivity contribution in [1.82, 2.24) is 18.9 Å². The van der Waals surface area contributed by atoms with Crippen LogP contribution in [0.25, 0.3) is 0 Å². The fourth-order valence-corrected chi connectivity index (χ4v) is 3.30. The first-order valence-electron chi connectivity index (χ1n) is 9.56. The van der Waals surface area contributed by atoms with Gasteiger partial charge in [-0.05, 0) is 43.6 Å². The lowest BCUT2D eigenvalue weighted by atomic mass is 9.86. The van der Waals surface area contributed by atoms with Crippen molar-refractivity contribution in [2.45, 2.75) is 33.1 Å². The Morgan fingerprint density at radius 2 is 1.83 bits per heavy atom. The van der Waals surface area contributed by atoms with Crippen molar-refractivity contribution in [3.8, 4) is 0 Å². The lowest BCUT2D eigenvalue weighted by Gasteiger charge is -2.20. The molecule has 0 aliphatic rings. The van der Waals surface area contributed by atoms with E-state index >= 15 is 0 Å². The van der Waals surface area contributed by atoms with Crippen LogP contribution in [0.1, 0.15) is 42.4 Å². The van der Waals surface area contributed by atoms with Crippen LogP contribution in [0.4, 0.5) is 11.7 Å². The summed E-state index contributed by atoms with van der Waals surface area (Å²) in [5.41, 5.74) is 2.75. The number of nitrogens with one attached hydrogen (secondary N) is 2. The summed E-state index contributed by atoms with van der Waals surface area (Å²) in [6.45, 7) is 9.06. The first kappa shape index (κ1) is 23.8. The molecule has 1 aromatic heterocycles. The van der Waals surface area contributed by atoms with Gasteiger partial charge in [0.25, 0.3) is 11.9 Å². The SMILES string of the molecule is Cc1ccc(C(C)(C)C)cc1Nc1nc(C(=O)NS(=O)(=O)N(C)CCN(C)C)co1. The molecule has 2 N–H and O–H groups in total. The van der Waals surface area contributed by atoms with E-state index in [0.717, 1.165) is 27.4 Å². The quantitative estimate of drug-likeness (QED) is 0.653. The van der Waals surface area contributed by atoms with Crippen molar-refractivity contribution in [2.75, 3.05) is 39.5 Å². The molecule has 2 rings (SSSR count). The molecule has 10 heteroatoms. The van der Waals surface area contributed by atoms with E-state index in [-0.39, 0.29) is 23.7 Å². The van der Waals surface area contributed by atoms with Crippen molar-refractivity contribution in [2.24, 2.45) is 0 Å². The van der Waals surface area contributed by atoms with Gasteiger partial charge >= 0.3 is 10.2 Å². The standard InChI is InChI=1S/C20H31N5O4S/c1-14-8-9-15(20(2,3)4)12-16(14)21-19-22-17(13-29-19)18(26)23-30(27,28)25(7)11-10-24(5)6/h8-9,12-13H,10-11H2,1-7H3,(H,21,22)(H,23,26). The number of benzene rings is 1. The molecule has 0 radical (unpaired) electrons. The van der Waals surface area contributed by atoms with E-state index in [2.05, 4.69) is 37.1 Å². The Labute approximate surface area is 178 Å². The minimum absolute atomic E-state index is 0.0290. The number of aromatic nitrogens is 1. The molecule has 0 spiro atoms. The average molecular weight is 438 g/mol. The number of carbonyl (C=O) groups is 1. The van der Waals surface area contributed by atoms with Crippen LogP contribution >= 0.6 is 0 Å². The van der Waals surface area contributed by atoms with Gasteiger partial charge in [-0.1, -0.05) is 32.9 Å². The van der Waals surface area contributed by atoms with E-state index in [1.54, 1.807) is 0 Å². The molecule has 0 aliphatic heterocycles. The maximum atomic E-state index is 12.3. The van der Waals surface area contributed by atoms with Crippen LogP contribution in [0.3, 0.4) is 0 Å². The number of nitrogens with zero attached hydrogens (tertiary/aromatic N) is 3. The number of rotatable bonds is 8. The molecule has 0 aliphatic carbocycles. The lowest BCUT2D eigenvalue weighted by molar-refractivity contribution is 0.0974. The van der Waals surface area contributed by atoms with Gasteiger partial charge in [-0.2, -0.15) is 17.7 Å². The van der Waals surface area contributed by atoms with Gasteiger partial charge < -0.3 is 14.6 Å². The molecule has 1 amide bonds. The molecule has 166 valence electrons. The summed E-state index contributed by atoms with van der Waals surface area (Å²) in [5, 5.41) is 3.06. The topological polar surface area (TPSA) is 108 Å². The normalized spacial score (nSPS) is 12.4. The van der Waals surface area contributed by atoms with Crippen LogP contribution in [0, 0.1) is 6.92 Å². The second-order valence-electron chi connectivity index (χ2n) is 8.50. The van der Waals surface area contributed by atoms with E-state index in [4.69, 9.17) is 4.42 Å². The molecule has 0 unspecified atom stereocenters. The Kier molecular flexibility index (Phi) is 7.27. The van der Waals surface area contributed by atoms with Gasteiger partial charge in [-0.3, -0.25) is 4.79 Å². The van der Waals surface area contributed by atoms with Gasteiger partial charge in [0.15, 0.2) is 5.69 Å². The first-order valence-corrected chi connectivity index (χ1v) is 11.0. The smallest absolute Gasteiger partial charge is 0.303 e. The number of aryl methyl sites for hydroxylation is 1. The van der Waals surface area contributed by atoms with E-state index < -0.39 is 16.1 Å². The molecule has 0 saturated heterocycles. The molecule has 2 aromatic rings. The maximum Gasteiger partial charge on any atom is 0.303 e. The molecule has 0 fully saturated rings. The van der Waals surface area contributed by atoms with E-state index in [0.29, 0.717) is 6.54 Å². The van der Waals surface area contributed by atoms with Crippen molar-refractivity contribution in [3.05, 3.63) is 41.3 Å². The fraction of sp³-hybridized carbons (Fsp3) is 0.500. The van der Waals surface area contributed by atoms with Crippen LogP contribution in [0.5, 0.6) is 0 Å². The van der Waals surface area contributed by atoms with Crippen LogP contribution in [-0.2, 0) is 15.6 Å². The summed E-state index contributed by atoms with van der Waals surface area (Å²) in [6, 6.07) is 6.17. The summed E-state index contributed by atoms with van der Waals surface area (Å²) in [6.07, 6.45) is 1.12. The van der Waals surface area contributed by atoms with Crippen molar-refractivity contribution < 1.29 is 17.6 Å². The molecular weight excluding hydrogens is 406 g/mol. The second kappa shape index (κ2) is 9.15. The Balaban J connectivity index is 2.10. The van der Waals surface area contributed by atoms with Crippen LogP contribution in [0.2, 0.25) is 0 Å². The van der Waals surface area contributed by atoms with Crippen molar-refractivity contribution in [3.63, 3.8) is 0 Å². The number of hydrogen-bond donors (Lipinski definition) is 2. The Hall–Kier alpha value is -2.43. The number of oxazole rings is 1. The van der Waals surface area contributed by atoms with Gasteiger partial charge in [-0.25, -0.2) is 4.72 Å². The number of likely N-dealkylation sites (N-methyl/N-ethyl adjacent to an activating group) is 2. The van der Waals surface area contributed by atoms with Gasteiger partial charge in [0.05, 0.1) is 0 Å². The van der Waals surface area contributed by atoms with E-state index in [1.165, 1.54) is 7.05 Å². The van der Waals surface area contributed by atoms with Gasteiger partial charge in [-0.15, -0.1) is 0 Å². The van der Waals surface area contributed by atoms with E-state index in [9.17, 15) is 13.2 Å². The molecule has 1 aromatic carbocycles. The highest BCUT2D eigenvalue weighted by molar-refractivity contribution is 7.87. The lowest BCUT2D eigenvalue weighted by Crippen LogP contribution is -2.43. The van der Waals surface area contributed by atoms with Crippen LogP contribution in [-0.4, -0.2) is 62.7 Å². The van der Waals surface area contributed by atoms with E-state index in [1.807, 2.05) is 42.8 Å². The number of anilines is 2. The maximum absolute atomic E-state index is 12.3. The third kappa shape index (κ3) is 6.28. The minimum Gasteiger partial charge on any atom is -0.431 e. The second-order valence-corrected chi connectivity index (χ2v) is 10.3. The zero-order chi connectivity index (χ0) is 22.7. The molecule has 30 heavy (non-hydrogen) atoms. The van der Waals surface area contributed by atoms with Crippen LogP contribution in [0.15, 0.2) is 28.9 Å². The molecule has 0 bridgehead atoms. The fourth-order valence-electron chi connectivity index (χ4n) is 2.48. The average Bonchev–Trinajstić information content (AvgIpc) is 3.08. The predicted molar refractivity (Wildman–Crippen MR) is 117 cm³/mol. The van der Waals surface area contributed by atoms with Crippen LogP contribution < -0.4 is 10.0 Å². The monoisotopic (exact) mass is 437 g/mol. The largest absolute Gasteiger partial charge is 0.431 e. The highest BCUT2D eigenvalue weighted by atomic mass is 32.2. The molecule has 9 nitrogen and oxygen atoms in total. The molecule has 0 atom stereocenters. The zero-order valence-electron chi connectivity index (χ0n) is 18.6. The molecule has 1 heterocycles. The Morgan fingerprint density at radius 3 is 2.43 bits per heavy atom.